The Morgan fingerprint density at radius 2 is 1.90 bits per heavy atom. The first-order valence-electron chi connectivity index (χ1n) is 10.4. The van der Waals surface area contributed by atoms with Gasteiger partial charge in [0, 0.05) is 44.8 Å². The molecular formula is C20H31N9. The summed E-state index contributed by atoms with van der Waals surface area (Å²) >= 11 is 0. The molecule has 0 bridgehead atoms. The van der Waals surface area contributed by atoms with Crippen LogP contribution in [0.3, 0.4) is 0 Å². The van der Waals surface area contributed by atoms with Crippen molar-refractivity contribution in [3.05, 3.63) is 36.3 Å². The van der Waals surface area contributed by atoms with Gasteiger partial charge in [-0.15, -0.1) is 0 Å². The van der Waals surface area contributed by atoms with Gasteiger partial charge in [-0.3, -0.25) is 4.90 Å². The first-order chi connectivity index (χ1) is 14.2. The third kappa shape index (κ3) is 4.92. The molecule has 156 valence electrons. The Balaban J connectivity index is 1.51. The van der Waals surface area contributed by atoms with Crippen molar-refractivity contribution < 1.29 is 0 Å². The van der Waals surface area contributed by atoms with Gasteiger partial charge in [0.25, 0.3) is 0 Å². The van der Waals surface area contributed by atoms with E-state index in [9.17, 15) is 0 Å². The molecule has 1 aliphatic rings. The molecule has 1 fully saturated rings. The summed E-state index contributed by atoms with van der Waals surface area (Å²) in [5, 5.41) is 0. The number of pyridine rings is 1. The first kappa shape index (κ1) is 19.8. The zero-order valence-electron chi connectivity index (χ0n) is 17.1. The van der Waals surface area contributed by atoms with Crippen LogP contribution in [0.2, 0.25) is 0 Å². The van der Waals surface area contributed by atoms with Gasteiger partial charge in [-0.1, -0.05) is 0 Å². The standard InChI is InChI=1S/C20H31N9/c1-27-10-12-29(13-11-27)16-4-6-24-20-19(16)25-18(26-20)15-28(9-3-2-5-21)14-17-22-7-8-23-17/h4,6-8H,2-3,5,9-15,21H2,1H3,(H,22,23)(H,24,25,26). The number of fused-ring (bicyclic) bond motifs is 1. The van der Waals surface area contributed by atoms with Gasteiger partial charge in [-0.2, -0.15) is 0 Å². The van der Waals surface area contributed by atoms with Gasteiger partial charge in [0.05, 0.1) is 18.8 Å². The fourth-order valence-electron chi connectivity index (χ4n) is 3.83. The van der Waals surface area contributed by atoms with Gasteiger partial charge in [0.1, 0.15) is 17.2 Å². The third-order valence-corrected chi connectivity index (χ3v) is 5.49. The fourth-order valence-corrected chi connectivity index (χ4v) is 3.83. The number of hydrogen-bond acceptors (Lipinski definition) is 7. The van der Waals surface area contributed by atoms with Crippen molar-refractivity contribution in [3.63, 3.8) is 0 Å². The predicted molar refractivity (Wildman–Crippen MR) is 115 cm³/mol. The van der Waals surface area contributed by atoms with E-state index in [0.29, 0.717) is 0 Å². The summed E-state index contributed by atoms with van der Waals surface area (Å²) in [6.07, 6.45) is 7.59. The Morgan fingerprint density at radius 3 is 2.66 bits per heavy atom. The highest BCUT2D eigenvalue weighted by Crippen LogP contribution is 2.25. The van der Waals surface area contributed by atoms with Crippen molar-refractivity contribution in [2.45, 2.75) is 25.9 Å². The second kappa shape index (κ2) is 9.34. The van der Waals surface area contributed by atoms with Crippen LogP contribution in [0, 0.1) is 0 Å². The molecule has 1 saturated heterocycles. The predicted octanol–water partition coefficient (Wildman–Crippen LogP) is 1.17. The van der Waals surface area contributed by atoms with Crippen LogP contribution in [-0.4, -0.2) is 81.0 Å². The molecule has 9 nitrogen and oxygen atoms in total. The average molecular weight is 398 g/mol. The van der Waals surface area contributed by atoms with E-state index >= 15 is 0 Å². The van der Waals surface area contributed by atoms with Crippen molar-refractivity contribution in [3.8, 4) is 0 Å². The maximum absolute atomic E-state index is 5.68. The number of nitrogens with zero attached hydrogens (tertiary/aromatic N) is 6. The molecule has 0 aromatic carbocycles. The summed E-state index contributed by atoms with van der Waals surface area (Å²) in [5.41, 5.74) is 8.70. The topological polar surface area (TPSA) is 106 Å². The highest BCUT2D eigenvalue weighted by atomic mass is 15.3. The van der Waals surface area contributed by atoms with E-state index in [1.54, 1.807) is 6.20 Å². The number of likely N-dealkylation sites (N-methyl/N-ethyl adjacent to an activating group) is 1. The summed E-state index contributed by atoms with van der Waals surface area (Å²) in [4.78, 5) is 27.5. The second-order valence-electron chi connectivity index (χ2n) is 7.74. The number of hydrogen-bond donors (Lipinski definition) is 3. The number of imidazole rings is 2. The van der Waals surface area contributed by atoms with Gasteiger partial charge < -0.3 is 25.5 Å². The van der Waals surface area contributed by atoms with Crippen molar-refractivity contribution in [2.75, 3.05) is 51.2 Å². The number of aromatic nitrogens is 5. The van der Waals surface area contributed by atoms with E-state index in [1.807, 2.05) is 12.4 Å². The minimum absolute atomic E-state index is 0.720. The lowest BCUT2D eigenvalue weighted by Crippen LogP contribution is -2.44. The number of H-pyrrole nitrogens is 2. The molecule has 9 heteroatoms. The van der Waals surface area contributed by atoms with Crippen LogP contribution in [0.1, 0.15) is 24.5 Å². The number of aromatic amines is 2. The summed E-state index contributed by atoms with van der Waals surface area (Å²) in [6.45, 7) is 7.34. The monoisotopic (exact) mass is 397 g/mol. The molecule has 4 heterocycles. The normalized spacial score (nSPS) is 15.6. The summed E-state index contributed by atoms with van der Waals surface area (Å²) in [7, 11) is 2.17. The van der Waals surface area contributed by atoms with E-state index in [-0.39, 0.29) is 0 Å². The minimum Gasteiger partial charge on any atom is -0.367 e. The Hall–Kier alpha value is -2.49. The molecule has 0 atom stereocenters. The molecule has 0 spiro atoms. The number of nitrogens with one attached hydrogen (secondary N) is 2. The molecule has 3 aromatic heterocycles. The van der Waals surface area contributed by atoms with Crippen LogP contribution >= 0.6 is 0 Å². The van der Waals surface area contributed by atoms with Gasteiger partial charge in [-0.25, -0.2) is 15.0 Å². The molecule has 0 aliphatic carbocycles. The summed E-state index contributed by atoms with van der Waals surface area (Å²) in [5.74, 6) is 1.90. The Labute approximate surface area is 171 Å². The number of unbranched alkanes of at least 4 members (excludes halogenated alkanes) is 1. The van der Waals surface area contributed by atoms with E-state index in [0.717, 1.165) is 88.0 Å². The average Bonchev–Trinajstić information content (AvgIpc) is 3.38. The molecule has 3 aromatic rings. The molecule has 1 aliphatic heterocycles. The van der Waals surface area contributed by atoms with Gasteiger partial charge >= 0.3 is 0 Å². The summed E-state index contributed by atoms with van der Waals surface area (Å²) in [6, 6.07) is 2.09. The van der Waals surface area contributed by atoms with Crippen molar-refractivity contribution >= 4 is 16.9 Å². The number of piperazine rings is 1. The smallest absolute Gasteiger partial charge is 0.179 e. The Morgan fingerprint density at radius 1 is 1.07 bits per heavy atom. The molecule has 4 N–H and O–H groups in total. The van der Waals surface area contributed by atoms with Crippen LogP contribution < -0.4 is 10.6 Å². The summed E-state index contributed by atoms with van der Waals surface area (Å²) < 4.78 is 0. The van der Waals surface area contributed by atoms with Crippen LogP contribution in [0.4, 0.5) is 5.69 Å². The lowest BCUT2D eigenvalue weighted by Gasteiger charge is -2.34. The number of anilines is 1. The first-order valence-corrected chi connectivity index (χ1v) is 10.4. The van der Waals surface area contributed by atoms with Crippen molar-refractivity contribution in [1.82, 2.24) is 34.7 Å². The highest BCUT2D eigenvalue weighted by molar-refractivity contribution is 5.86. The van der Waals surface area contributed by atoms with E-state index in [2.05, 4.69) is 47.7 Å². The van der Waals surface area contributed by atoms with E-state index in [1.165, 1.54) is 5.69 Å². The van der Waals surface area contributed by atoms with Crippen LogP contribution in [0.25, 0.3) is 11.2 Å². The number of rotatable bonds is 9. The fraction of sp³-hybridized carbons (Fsp3) is 0.550. The van der Waals surface area contributed by atoms with E-state index in [4.69, 9.17) is 10.7 Å². The minimum atomic E-state index is 0.720. The molecule has 0 radical (unpaired) electrons. The lowest BCUT2D eigenvalue weighted by atomic mass is 10.2. The van der Waals surface area contributed by atoms with Gasteiger partial charge in [0.2, 0.25) is 0 Å². The van der Waals surface area contributed by atoms with Crippen LogP contribution in [0.15, 0.2) is 24.7 Å². The maximum atomic E-state index is 5.68. The molecule has 29 heavy (non-hydrogen) atoms. The molecule has 0 saturated carbocycles. The Kier molecular flexibility index (Phi) is 6.38. The maximum Gasteiger partial charge on any atom is 0.179 e. The Bertz CT molecular complexity index is 881. The lowest BCUT2D eigenvalue weighted by molar-refractivity contribution is 0.241. The molecule has 4 rings (SSSR count). The van der Waals surface area contributed by atoms with Crippen molar-refractivity contribution in [2.24, 2.45) is 5.73 Å². The molecule has 0 amide bonds. The third-order valence-electron chi connectivity index (χ3n) is 5.49. The number of nitrogens with two attached hydrogens (primary N) is 1. The van der Waals surface area contributed by atoms with Gasteiger partial charge in [0.15, 0.2) is 5.65 Å². The zero-order chi connectivity index (χ0) is 20.1. The van der Waals surface area contributed by atoms with Crippen LogP contribution in [0.5, 0.6) is 0 Å². The van der Waals surface area contributed by atoms with Crippen LogP contribution in [-0.2, 0) is 13.1 Å². The van der Waals surface area contributed by atoms with Crippen molar-refractivity contribution in [1.29, 1.82) is 0 Å². The molecular weight excluding hydrogens is 366 g/mol. The quantitative estimate of drug-likeness (QED) is 0.466. The highest BCUT2D eigenvalue weighted by Gasteiger charge is 2.19. The van der Waals surface area contributed by atoms with E-state index < -0.39 is 0 Å². The SMILES string of the molecule is CN1CCN(c2ccnc3nc(CN(CCCCN)Cc4ncc[nH]4)[nH]c23)CC1. The zero-order valence-corrected chi connectivity index (χ0v) is 17.1. The largest absolute Gasteiger partial charge is 0.367 e. The van der Waals surface area contributed by atoms with Gasteiger partial charge in [-0.05, 0) is 39.0 Å². The second-order valence-corrected chi connectivity index (χ2v) is 7.74. The molecule has 0 unspecified atom stereocenters.